The minimum atomic E-state index is -1.33. The number of carbonyl (C=O) groups is 3. The van der Waals surface area contributed by atoms with Crippen molar-refractivity contribution in [3.8, 4) is 0 Å². The molecule has 2 fully saturated rings. The van der Waals surface area contributed by atoms with Crippen molar-refractivity contribution in [1.29, 1.82) is 0 Å². The number of nitrogens with zero attached hydrogens (tertiary/aromatic N) is 2. The maximum absolute atomic E-state index is 13.4. The molecule has 5 rings (SSSR count). The third kappa shape index (κ3) is 3.06. The number of rotatable bonds is 4. The minimum Gasteiger partial charge on any atom is -0.545 e. The van der Waals surface area contributed by atoms with Gasteiger partial charge in [0.1, 0.15) is 5.92 Å². The van der Waals surface area contributed by atoms with Crippen LogP contribution in [-0.2, 0) is 14.4 Å². The number of benzene rings is 3. The van der Waals surface area contributed by atoms with Crippen LogP contribution in [0.15, 0.2) is 84.9 Å². The van der Waals surface area contributed by atoms with Crippen molar-refractivity contribution >= 4 is 29.2 Å². The lowest BCUT2D eigenvalue weighted by molar-refractivity contribution is -0.255. The molecule has 3 atom stereocenters. The lowest BCUT2D eigenvalue weighted by atomic mass is 9.90. The summed E-state index contributed by atoms with van der Waals surface area (Å²) in [7, 11) is 0. The molecule has 7 nitrogen and oxygen atoms in total. The molecule has 2 heterocycles. The zero-order valence-corrected chi connectivity index (χ0v) is 16.3. The molecule has 7 heteroatoms. The molecule has 31 heavy (non-hydrogen) atoms. The summed E-state index contributed by atoms with van der Waals surface area (Å²) >= 11 is 0. The van der Waals surface area contributed by atoms with Crippen LogP contribution < -0.4 is 15.1 Å². The maximum Gasteiger partial charge on any atom is 0.266 e. The number of fused-ring (bicyclic) bond motifs is 1. The van der Waals surface area contributed by atoms with E-state index >= 15 is 0 Å². The highest BCUT2D eigenvalue weighted by atomic mass is 16.7. The van der Waals surface area contributed by atoms with Crippen molar-refractivity contribution in [2.24, 2.45) is 5.92 Å². The van der Waals surface area contributed by atoms with Crippen LogP contribution in [0.1, 0.15) is 22.0 Å². The first-order valence-electron chi connectivity index (χ1n) is 9.81. The number of carboxylic acids is 1. The Hall–Kier alpha value is -3.97. The number of para-hydroxylation sites is 1. The number of aromatic carboxylic acids is 1. The summed E-state index contributed by atoms with van der Waals surface area (Å²) in [6.07, 6.45) is -0.973. The van der Waals surface area contributed by atoms with Gasteiger partial charge in [-0.05, 0) is 35.4 Å². The number of anilines is 2. The van der Waals surface area contributed by atoms with E-state index in [9.17, 15) is 19.5 Å². The van der Waals surface area contributed by atoms with Gasteiger partial charge in [0.15, 0.2) is 6.10 Å². The van der Waals surface area contributed by atoms with Gasteiger partial charge in [-0.2, -0.15) is 0 Å². The molecule has 3 aromatic rings. The van der Waals surface area contributed by atoms with Gasteiger partial charge in [-0.25, -0.2) is 9.96 Å². The van der Waals surface area contributed by atoms with E-state index in [0.717, 1.165) is 16.2 Å². The molecule has 0 aromatic heterocycles. The zero-order valence-electron chi connectivity index (χ0n) is 16.3. The summed E-state index contributed by atoms with van der Waals surface area (Å²) in [4.78, 5) is 44.8. The first kappa shape index (κ1) is 19.0. The van der Waals surface area contributed by atoms with Gasteiger partial charge in [0.2, 0.25) is 5.91 Å². The van der Waals surface area contributed by atoms with E-state index < -0.39 is 29.9 Å². The molecule has 0 saturated carbocycles. The first-order valence-corrected chi connectivity index (χ1v) is 9.81. The second kappa shape index (κ2) is 7.37. The molecule has 0 aliphatic carbocycles. The number of carbonyl (C=O) groups excluding carboxylic acids is 3. The van der Waals surface area contributed by atoms with Crippen LogP contribution in [0, 0.1) is 5.92 Å². The molecule has 2 aliphatic rings. The average molecular weight is 413 g/mol. The maximum atomic E-state index is 13.4. The Labute approximate surface area is 178 Å². The Balaban J connectivity index is 1.54. The van der Waals surface area contributed by atoms with Gasteiger partial charge in [0, 0.05) is 0 Å². The summed E-state index contributed by atoms with van der Waals surface area (Å²) in [5.74, 6) is -2.93. The molecule has 2 amide bonds. The van der Waals surface area contributed by atoms with Crippen LogP contribution in [-0.4, -0.2) is 23.9 Å². The summed E-state index contributed by atoms with van der Waals surface area (Å²) in [6.45, 7) is 0. The first-order chi connectivity index (χ1) is 15.1. The Morgan fingerprint density at radius 1 is 0.774 bits per heavy atom. The predicted molar refractivity (Wildman–Crippen MR) is 110 cm³/mol. The standard InChI is InChI=1S/C24H18N2O5/c27-22-19-20(15-7-3-1-4-8-15)26(18-9-5-2-6-10-18)31-21(19)23(28)25(22)17-13-11-16(12-14-17)24(29)30/h1-14,19-21H,(H,29,30)/p-1/t19-,20+,21+/m1/s1. The smallest absolute Gasteiger partial charge is 0.266 e. The van der Waals surface area contributed by atoms with Crippen molar-refractivity contribution in [2.45, 2.75) is 12.1 Å². The summed E-state index contributed by atoms with van der Waals surface area (Å²) in [5.41, 5.74) is 1.87. The second-order valence-electron chi connectivity index (χ2n) is 7.41. The molecule has 0 spiro atoms. The summed E-state index contributed by atoms with van der Waals surface area (Å²) in [6, 6.07) is 23.8. The van der Waals surface area contributed by atoms with Crippen LogP contribution in [0.3, 0.4) is 0 Å². The van der Waals surface area contributed by atoms with Gasteiger partial charge >= 0.3 is 0 Å². The number of hydroxylamine groups is 1. The number of amides is 2. The molecular weight excluding hydrogens is 396 g/mol. The number of hydrogen-bond donors (Lipinski definition) is 0. The molecule has 0 unspecified atom stereocenters. The largest absolute Gasteiger partial charge is 0.545 e. The van der Waals surface area contributed by atoms with Gasteiger partial charge in [-0.15, -0.1) is 0 Å². The highest BCUT2D eigenvalue weighted by molar-refractivity contribution is 6.24. The molecule has 0 radical (unpaired) electrons. The Morgan fingerprint density at radius 3 is 2.00 bits per heavy atom. The Bertz CT molecular complexity index is 1150. The fourth-order valence-electron chi connectivity index (χ4n) is 4.20. The summed E-state index contributed by atoms with van der Waals surface area (Å²) in [5, 5.41) is 12.6. The van der Waals surface area contributed by atoms with Crippen LogP contribution in [0.2, 0.25) is 0 Å². The third-order valence-electron chi connectivity index (χ3n) is 5.63. The van der Waals surface area contributed by atoms with Gasteiger partial charge < -0.3 is 9.90 Å². The lowest BCUT2D eigenvalue weighted by Gasteiger charge is -2.28. The van der Waals surface area contributed by atoms with Gasteiger partial charge in [0.05, 0.1) is 23.4 Å². The van der Waals surface area contributed by atoms with Crippen LogP contribution >= 0.6 is 0 Å². The van der Waals surface area contributed by atoms with Crippen molar-refractivity contribution in [2.75, 3.05) is 9.96 Å². The third-order valence-corrected chi connectivity index (χ3v) is 5.63. The van der Waals surface area contributed by atoms with Crippen LogP contribution in [0.4, 0.5) is 11.4 Å². The molecule has 154 valence electrons. The van der Waals surface area contributed by atoms with Crippen molar-refractivity contribution in [3.63, 3.8) is 0 Å². The normalized spacial score (nSPS) is 22.6. The van der Waals surface area contributed by atoms with E-state index in [1.54, 1.807) is 5.06 Å². The minimum absolute atomic E-state index is 0.0308. The van der Waals surface area contributed by atoms with E-state index in [4.69, 9.17) is 4.84 Å². The Kier molecular flexibility index (Phi) is 4.52. The van der Waals surface area contributed by atoms with Crippen LogP contribution in [0.5, 0.6) is 0 Å². The quantitative estimate of drug-likeness (QED) is 0.609. The van der Waals surface area contributed by atoms with Crippen molar-refractivity contribution in [1.82, 2.24) is 0 Å². The van der Waals surface area contributed by atoms with Crippen molar-refractivity contribution in [3.05, 3.63) is 96.1 Å². The molecule has 2 saturated heterocycles. The fourth-order valence-corrected chi connectivity index (χ4v) is 4.20. The topological polar surface area (TPSA) is 90.0 Å². The highest BCUT2D eigenvalue weighted by Gasteiger charge is 2.60. The Morgan fingerprint density at radius 2 is 1.39 bits per heavy atom. The molecule has 0 bridgehead atoms. The number of carboxylic acid groups (broad SMARTS) is 1. The lowest BCUT2D eigenvalue weighted by Crippen LogP contribution is -2.37. The van der Waals surface area contributed by atoms with Crippen LogP contribution in [0.25, 0.3) is 0 Å². The van der Waals surface area contributed by atoms with Crippen molar-refractivity contribution < 1.29 is 24.3 Å². The fraction of sp³-hybridized carbons (Fsp3) is 0.125. The van der Waals surface area contributed by atoms with E-state index in [-0.39, 0.29) is 11.5 Å². The zero-order chi connectivity index (χ0) is 21.5. The number of imide groups is 1. The summed E-state index contributed by atoms with van der Waals surface area (Å²) < 4.78 is 0. The van der Waals surface area contributed by atoms with Gasteiger partial charge in [-0.3, -0.25) is 14.4 Å². The second-order valence-corrected chi connectivity index (χ2v) is 7.41. The number of hydrogen-bond acceptors (Lipinski definition) is 6. The average Bonchev–Trinajstić information content (AvgIpc) is 3.31. The molecule has 2 aliphatic heterocycles. The van der Waals surface area contributed by atoms with Gasteiger partial charge in [0.25, 0.3) is 5.91 Å². The molecule has 3 aromatic carbocycles. The van der Waals surface area contributed by atoms with E-state index in [2.05, 4.69) is 0 Å². The van der Waals surface area contributed by atoms with E-state index in [1.807, 2.05) is 60.7 Å². The van der Waals surface area contributed by atoms with Gasteiger partial charge in [-0.1, -0.05) is 60.7 Å². The monoisotopic (exact) mass is 413 g/mol. The molecular formula is C24H17N2O5-. The SMILES string of the molecule is O=C([O-])c1ccc(N2C(=O)[C@H]3[C@H](ON(c4ccccc4)[C@H]3c3ccccc3)C2=O)cc1. The predicted octanol–water partition coefficient (Wildman–Crippen LogP) is 2.10. The molecule has 0 N–H and O–H groups in total. The van der Waals surface area contributed by atoms with E-state index in [0.29, 0.717) is 5.69 Å². The van der Waals surface area contributed by atoms with E-state index in [1.165, 1.54) is 24.3 Å². The highest BCUT2D eigenvalue weighted by Crippen LogP contribution is 2.47.